The van der Waals surface area contributed by atoms with E-state index in [2.05, 4.69) is 10.9 Å². The zero-order valence-corrected chi connectivity index (χ0v) is 5.94. The van der Waals surface area contributed by atoms with Crippen molar-refractivity contribution in [3.63, 3.8) is 0 Å². The van der Waals surface area contributed by atoms with Gasteiger partial charge < -0.3 is 0 Å². The van der Waals surface area contributed by atoms with E-state index in [1.165, 1.54) is 0 Å². The maximum absolute atomic E-state index is 11.3. The Kier molecular flexibility index (Phi) is 1.28. The van der Waals surface area contributed by atoms with Gasteiger partial charge in [-0.1, -0.05) is 0 Å². The van der Waals surface area contributed by atoms with Crippen LogP contribution >= 0.6 is 0 Å². The van der Waals surface area contributed by atoms with Gasteiger partial charge in [0.1, 0.15) is 0 Å². The zero-order chi connectivity index (χ0) is 7.03. The third-order valence-corrected chi connectivity index (χ3v) is 2.55. The topological polar surface area (TPSA) is 41.1 Å². The molecule has 1 saturated carbocycles. The van der Waals surface area contributed by atoms with Gasteiger partial charge in [0.05, 0.1) is 5.54 Å². The third kappa shape index (κ3) is 0.707. The predicted octanol–water partition coefficient (Wildman–Crippen LogP) is -0.0239. The summed E-state index contributed by atoms with van der Waals surface area (Å²) in [7, 11) is 0. The standard InChI is InChI=1S/C7H12N2O/c10-6-2-1-3-7(6)4-5-8-9-7/h8-9H,1-5H2. The first-order valence-corrected chi connectivity index (χ1v) is 3.87. The fourth-order valence-corrected chi connectivity index (χ4v) is 1.90. The molecule has 0 aromatic carbocycles. The molecule has 1 aliphatic carbocycles. The second kappa shape index (κ2) is 2.04. The largest absolute Gasteiger partial charge is 0.298 e. The van der Waals surface area contributed by atoms with Crippen LogP contribution in [0.4, 0.5) is 0 Å². The summed E-state index contributed by atoms with van der Waals surface area (Å²) in [5, 5.41) is 0. The second-order valence-electron chi connectivity index (χ2n) is 3.16. The number of Topliss-reactive ketones (excluding diaryl/α,β-unsaturated/α-hetero) is 1. The van der Waals surface area contributed by atoms with E-state index in [4.69, 9.17) is 0 Å². The third-order valence-electron chi connectivity index (χ3n) is 2.55. The molecule has 56 valence electrons. The van der Waals surface area contributed by atoms with Crippen LogP contribution in [0.2, 0.25) is 0 Å². The number of hydrogen-bond donors (Lipinski definition) is 2. The lowest BCUT2D eigenvalue weighted by molar-refractivity contribution is -0.122. The first-order chi connectivity index (χ1) is 4.83. The number of hydrogen-bond acceptors (Lipinski definition) is 3. The van der Waals surface area contributed by atoms with Crippen LogP contribution in [0.1, 0.15) is 25.7 Å². The van der Waals surface area contributed by atoms with Crippen LogP contribution in [0.25, 0.3) is 0 Å². The average molecular weight is 140 g/mol. The van der Waals surface area contributed by atoms with Crippen molar-refractivity contribution in [2.45, 2.75) is 31.2 Å². The van der Waals surface area contributed by atoms with Crippen molar-refractivity contribution in [1.82, 2.24) is 10.9 Å². The van der Waals surface area contributed by atoms with Gasteiger partial charge >= 0.3 is 0 Å². The number of ketones is 1. The summed E-state index contributed by atoms with van der Waals surface area (Å²) in [6, 6.07) is 0. The molecular formula is C7H12N2O. The summed E-state index contributed by atoms with van der Waals surface area (Å²) in [5.41, 5.74) is 5.94. The summed E-state index contributed by atoms with van der Waals surface area (Å²) in [6.07, 6.45) is 3.84. The summed E-state index contributed by atoms with van der Waals surface area (Å²) < 4.78 is 0. The summed E-state index contributed by atoms with van der Waals surface area (Å²) in [4.78, 5) is 11.3. The highest BCUT2D eigenvalue weighted by Gasteiger charge is 2.43. The van der Waals surface area contributed by atoms with Gasteiger partial charge in [-0.05, 0) is 19.3 Å². The molecular weight excluding hydrogens is 128 g/mol. The quantitative estimate of drug-likeness (QED) is 0.496. The van der Waals surface area contributed by atoms with E-state index >= 15 is 0 Å². The van der Waals surface area contributed by atoms with Gasteiger partial charge in [0.15, 0.2) is 5.78 Å². The van der Waals surface area contributed by atoms with E-state index in [9.17, 15) is 4.79 Å². The minimum absolute atomic E-state index is 0.153. The highest BCUT2D eigenvalue weighted by Crippen LogP contribution is 2.30. The van der Waals surface area contributed by atoms with Gasteiger partial charge in [-0.15, -0.1) is 0 Å². The van der Waals surface area contributed by atoms with E-state index in [1.807, 2.05) is 0 Å². The average Bonchev–Trinajstić information content (AvgIpc) is 2.48. The van der Waals surface area contributed by atoms with Crippen molar-refractivity contribution in [1.29, 1.82) is 0 Å². The van der Waals surface area contributed by atoms with E-state index in [1.54, 1.807) is 0 Å². The van der Waals surface area contributed by atoms with Gasteiger partial charge in [0.2, 0.25) is 0 Å². The second-order valence-corrected chi connectivity index (χ2v) is 3.16. The van der Waals surface area contributed by atoms with Gasteiger partial charge in [-0.3, -0.25) is 10.2 Å². The van der Waals surface area contributed by atoms with Crippen molar-refractivity contribution in [3.05, 3.63) is 0 Å². The van der Waals surface area contributed by atoms with Gasteiger partial charge in [-0.2, -0.15) is 0 Å². The molecule has 0 amide bonds. The first-order valence-electron chi connectivity index (χ1n) is 3.87. The molecule has 1 spiro atoms. The van der Waals surface area contributed by atoms with E-state index in [0.717, 1.165) is 32.2 Å². The number of nitrogens with one attached hydrogen (secondary N) is 2. The summed E-state index contributed by atoms with van der Waals surface area (Å²) in [5.74, 6) is 0.400. The molecule has 0 aromatic rings. The minimum atomic E-state index is -0.153. The molecule has 2 fully saturated rings. The maximum atomic E-state index is 11.3. The molecule has 3 nitrogen and oxygen atoms in total. The van der Waals surface area contributed by atoms with Gasteiger partial charge in [0, 0.05) is 13.0 Å². The molecule has 2 aliphatic rings. The predicted molar refractivity (Wildman–Crippen MR) is 37.3 cm³/mol. The Hall–Kier alpha value is -0.410. The Morgan fingerprint density at radius 1 is 1.40 bits per heavy atom. The van der Waals surface area contributed by atoms with Gasteiger partial charge in [0.25, 0.3) is 0 Å². The maximum Gasteiger partial charge on any atom is 0.154 e. The molecule has 2 N–H and O–H groups in total. The Labute approximate surface area is 60.1 Å². The van der Waals surface area contributed by atoms with Crippen LogP contribution in [0.5, 0.6) is 0 Å². The van der Waals surface area contributed by atoms with Crippen molar-refractivity contribution in [2.24, 2.45) is 0 Å². The van der Waals surface area contributed by atoms with Crippen molar-refractivity contribution in [2.75, 3.05) is 6.54 Å². The molecule has 0 bridgehead atoms. The first kappa shape index (κ1) is 6.31. The lowest BCUT2D eigenvalue weighted by Gasteiger charge is -2.19. The Morgan fingerprint density at radius 2 is 2.30 bits per heavy atom. The van der Waals surface area contributed by atoms with Crippen molar-refractivity contribution < 1.29 is 4.79 Å². The Balaban J connectivity index is 2.19. The number of carbonyl (C=O) groups is 1. The van der Waals surface area contributed by atoms with Crippen LogP contribution in [0.3, 0.4) is 0 Å². The summed E-state index contributed by atoms with van der Waals surface area (Å²) in [6.45, 7) is 0.936. The molecule has 0 radical (unpaired) electrons. The minimum Gasteiger partial charge on any atom is -0.298 e. The van der Waals surface area contributed by atoms with Crippen LogP contribution in [0.15, 0.2) is 0 Å². The zero-order valence-electron chi connectivity index (χ0n) is 5.94. The van der Waals surface area contributed by atoms with Gasteiger partial charge in [-0.25, -0.2) is 5.43 Å². The molecule has 2 rings (SSSR count). The SMILES string of the molecule is O=C1CCCC12CCNN2. The normalized spacial score (nSPS) is 39.8. The lowest BCUT2D eigenvalue weighted by atomic mass is 9.95. The van der Waals surface area contributed by atoms with Crippen molar-refractivity contribution in [3.8, 4) is 0 Å². The number of rotatable bonds is 0. The van der Waals surface area contributed by atoms with E-state index in [0.29, 0.717) is 5.78 Å². The number of hydrazine groups is 1. The van der Waals surface area contributed by atoms with Crippen LogP contribution in [-0.4, -0.2) is 17.9 Å². The molecule has 0 aromatic heterocycles. The monoisotopic (exact) mass is 140 g/mol. The molecule has 10 heavy (non-hydrogen) atoms. The number of carbonyl (C=O) groups excluding carboxylic acids is 1. The fraction of sp³-hybridized carbons (Fsp3) is 0.857. The summed E-state index contributed by atoms with van der Waals surface area (Å²) >= 11 is 0. The highest BCUT2D eigenvalue weighted by atomic mass is 16.1. The van der Waals surface area contributed by atoms with Crippen LogP contribution in [-0.2, 0) is 4.79 Å². The van der Waals surface area contributed by atoms with Crippen LogP contribution < -0.4 is 10.9 Å². The smallest absolute Gasteiger partial charge is 0.154 e. The van der Waals surface area contributed by atoms with E-state index in [-0.39, 0.29) is 5.54 Å². The molecule has 3 heteroatoms. The molecule has 1 aliphatic heterocycles. The van der Waals surface area contributed by atoms with Crippen molar-refractivity contribution >= 4 is 5.78 Å². The fourth-order valence-electron chi connectivity index (χ4n) is 1.90. The van der Waals surface area contributed by atoms with E-state index < -0.39 is 0 Å². The van der Waals surface area contributed by atoms with Crippen LogP contribution in [0, 0.1) is 0 Å². The Bertz CT molecular complexity index is 155. The molecule has 1 unspecified atom stereocenters. The Morgan fingerprint density at radius 3 is 2.80 bits per heavy atom. The molecule has 1 saturated heterocycles. The highest BCUT2D eigenvalue weighted by molar-refractivity contribution is 5.90. The lowest BCUT2D eigenvalue weighted by Crippen LogP contribution is -2.46. The molecule has 1 heterocycles. The molecule has 1 atom stereocenters.